The molecular weight excluding hydrogens is 429 g/mol. The highest BCUT2D eigenvalue weighted by molar-refractivity contribution is 14.0. The number of piperidine rings is 2. The van der Waals surface area contributed by atoms with Gasteiger partial charge in [0.25, 0.3) is 0 Å². The number of hydrogen-bond donors (Lipinski definition) is 2. The SMILES string of the molecule is CN=C(NCC1CCCN(C(C)C)C1)N1CCCC(CC(N)=O)C1.I. The van der Waals surface area contributed by atoms with Crippen molar-refractivity contribution in [2.24, 2.45) is 22.6 Å². The largest absolute Gasteiger partial charge is 0.370 e. The van der Waals surface area contributed by atoms with Gasteiger partial charge >= 0.3 is 0 Å². The monoisotopic (exact) mass is 465 g/mol. The molecule has 0 spiro atoms. The van der Waals surface area contributed by atoms with Crippen LogP contribution < -0.4 is 11.1 Å². The molecule has 7 heteroatoms. The van der Waals surface area contributed by atoms with Crippen LogP contribution >= 0.6 is 24.0 Å². The van der Waals surface area contributed by atoms with Gasteiger partial charge < -0.3 is 20.9 Å². The summed E-state index contributed by atoms with van der Waals surface area (Å²) >= 11 is 0. The fraction of sp³-hybridized carbons (Fsp3) is 0.889. The summed E-state index contributed by atoms with van der Waals surface area (Å²) in [4.78, 5) is 20.5. The van der Waals surface area contributed by atoms with E-state index in [0.29, 0.717) is 24.3 Å². The molecule has 1 amide bonds. The average molecular weight is 465 g/mol. The van der Waals surface area contributed by atoms with Gasteiger partial charge in [-0.2, -0.15) is 0 Å². The Kier molecular flexibility index (Phi) is 10.1. The van der Waals surface area contributed by atoms with Crippen molar-refractivity contribution in [1.82, 2.24) is 15.1 Å². The molecule has 2 aliphatic heterocycles. The number of amides is 1. The number of nitrogens with two attached hydrogens (primary N) is 1. The topological polar surface area (TPSA) is 74.0 Å². The predicted molar refractivity (Wildman–Crippen MR) is 114 cm³/mol. The van der Waals surface area contributed by atoms with Gasteiger partial charge in [0.1, 0.15) is 0 Å². The van der Waals surface area contributed by atoms with E-state index in [9.17, 15) is 4.79 Å². The van der Waals surface area contributed by atoms with Crippen molar-refractivity contribution >= 4 is 35.8 Å². The number of hydrogen-bond acceptors (Lipinski definition) is 3. The molecule has 2 fully saturated rings. The molecule has 2 atom stereocenters. The lowest BCUT2D eigenvalue weighted by Crippen LogP contribution is -2.50. The minimum atomic E-state index is -0.194. The van der Waals surface area contributed by atoms with Gasteiger partial charge in [0.2, 0.25) is 5.91 Å². The first-order valence-corrected chi connectivity index (χ1v) is 9.47. The minimum absolute atomic E-state index is 0. The van der Waals surface area contributed by atoms with Crippen molar-refractivity contribution in [2.45, 2.75) is 52.0 Å². The van der Waals surface area contributed by atoms with Gasteiger partial charge in [-0.25, -0.2) is 0 Å². The van der Waals surface area contributed by atoms with Crippen LogP contribution in [0.25, 0.3) is 0 Å². The maximum atomic E-state index is 11.2. The third-order valence-electron chi connectivity index (χ3n) is 5.35. The zero-order valence-corrected chi connectivity index (χ0v) is 18.4. The van der Waals surface area contributed by atoms with Crippen LogP contribution in [0.15, 0.2) is 4.99 Å². The number of aliphatic imine (C=N–C) groups is 1. The molecule has 2 unspecified atom stereocenters. The van der Waals surface area contributed by atoms with E-state index < -0.39 is 0 Å². The molecule has 146 valence electrons. The van der Waals surface area contributed by atoms with Crippen molar-refractivity contribution < 1.29 is 4.79 Å². The Hall–Kier alpha value is -0.570. The molecule has 0 saturated carbocycles. The molecule has 0 radical (unpaired) electrons. The highest BCUT2D eigenvalue weighted by atomic mass is 127. The van der Waals surface area contributed by atoms with Crippen molar-refractivity contribution in [3.8, 4) is 0 Å². The van der Waals surface area contributed by atoms with E-state index in [2.05, 4.69) is 34.0 Å². The van der Waals surface area contributed by atoms with Crippen LogP contribution in [0.5, 0.6) is 0 Å². The Morgan fingerprint density at radius 1 is 1.20 bits per heavy atom. The molecule has 3 N–H and O–H groups in total. The highest BCUT2D eigenvalue weighted by Gasteiger charge is 2.25. The number of rotatable bonds is 5. The Bertz CT molecular complexity index is 443. The van der Waals surface area contributed by atoms with Gasteiger partial charge in [0, 0.05) is 45.7 Å². The van der Waals surface area contributed by atoms with Crippen molar-refractivity contribution in [2.75, 3.05) is 39.8 Å². The highest BCUT2D eigenvalue weighted by Crippen LogP contribution is 2.20. The van der Waals surface area contributed by atoms with Crippen LogP contribution in [0.2, 0.25) is 0 Å². The van der Waals surface area contributed by atoms with E-state index in [1.807, 2.05) is 7.05 Å². The third-order valence-corrected chi connectivity index (χ3v) is 5.35. The number of nitrogens with one attached hydrogen (secondary N) is 1. The second kappa shape index (κ2) is 11.2. The minimum Gasteiger partial charge on any atom is -0.370 e. The van der Waals surface area contributed by atoms with E-state index in [0.717, 1.165) is 38.4 Å². The van der Waals surface area contributed by atoms with Gasteiger partial charge in [-0.1, -0.05) is 0 Å². The van der Waals surface area contributed by atoms with Gasteiger partial charge in [0.15, 0.2) is 5.96 Å². The number of carbonyl (C=O) groups is 1. The summed E-state index contributed by atoms with van der Waals surface area (Å²) in [5.74, 6) is 1.83. The first-order chi connectivity index (χ1) is 11.5. The lowest BCUT2D eigenvalue weighted by atomic mass is 9.94. The molecule has 0 aliphatic carbocycles. The van der Waals surface area contributed by atoms with E-state index in [-0.39, 0.29) is 29.9 Å². The first-order valence-electron chi connectivity index (χ1n) is 9.47. The predicted octanol–water partition coefficient (Wildman–Crippen LogP) is 1.89. The number of nitrogens with zero attached hydrogens (tertiary/aromatic N) is 3. The van der Waals surface area contributed by atoms with Crippen molar-refractivity contribution in [1.29, 1.82) is 0 Å². The molecule has 6 nitrogen and oxygen atoms in total. The first kappa shape index (κ1) is 22.5. The molecule has 2 rings (SSSR count). The van der Waals surface area contributed by atoms with Crippen LogP contribution in [-0.4, -0.2) is 67.5 Å². The van der Waals surface area contributed by atoms with Crippen LogP contribution in [0.1, 0.15) is 46.0 Å². The molecule has 2 heterocycles. The molecule has 0 aromatic carbocycles. The number of carbonyl (C=O) groups excluding carboxylic acids is 1. The van der Waals surface area contributed by atoms with E-state index in [1.54, 1.807) is 0 Å². The third kappa shape index (κ3) is 7.29. The molecule has 2 saturated heterocycles. The Labute approximate surface area is 170 Å². The van der Waals surface area contributed by atoms with Gasteiger partial charge in [-0.15, -0.1) is 24.0 Å². The summed E-state index contributed by atoms with van der Waals surface area (Å²) in [6.07, 6.45) is 5.25. The summed E-state index contributed by atoms with van der Waals surface area (Å²) in [5.41, 5.74) is 5.36. The molecule has 25 heavy (non-hydrogen) atoms. The smallest absolute Gasteiger partial charge is 0.217 e. The molecule has 0 aromatic heterocycles. The lowest BCUT2D eigenvalue weighted by molar-refractivity contribution is -0.119. The average Bonchev–Trinajstić information content (AvgIpc) is 2.55. The second-order valence-corrected chi connectivity index (χ2v) is 7.65. The van der Waals surface area contributed by atoms with Crippen LogP contribution in [0, 0.1) is 11.8 Å². The summed E-state index contributed by atoms with van der Waals surface area (Å²) < 4.78 is 0. The lowest BCUT2D eigenvalue weighted by Gasteiger charge is -2.37. The number of primary amides is 1. The Morgan fingerprint density at radius 2 is 1.88 bits per heavy atom. The van der Waals surface area contributed by atoms with Crippen molar-refractivity contribution in [3.05, 3.63) is 0 Å². The van der Waals surface area contributed by atoms with Gasteiger partial charge in [-0.05, 0) is 57.9 Å². The molecule has 0 aromatic rings. The quantitative estimate of drug-likeness (QED) is 0.370. The fourth-order valence-corrected chi connectivity index (χ4v) is 4.01. The summed E-state index contributed by atoms with van der Waals surface area (Å²) in [6, 6.07) is 0.628. The molecular formula is C18H36IN5O. The van der Waals surface area contributed by atoms with Crippen molar-refractivity contribution in [3.63, 3.8) is 0 Å². The number of halogens is 1. The number of likely N-dealkylation sites (tertiary alicyclic amines) is 2. The van der Waals surface area contributed by atoms with Crippen LogP contribution in [-0.2, 0) is 4.79 Å². The van der Waals surface area contributed by atoms with E-state index in [4.69, 9.17) is 5.73 Å². The molecule has 0 bridgehead atoms. The van der Waals surface area contributed by atoms with Gasteiger partial charge in [-0.3, -0.25) is 9.79 Å². The summed E-state index contributed by atoms with van der Waals surface area (Å²) in [5, 5.41) is 3.58. The van der Waals surface area contributed by atoms with E-state index in [1.165, 1.54) is 25.9 Å². The normalized spacial score (nSPS) is 25.6. The van der Waals surface area contributed by atoms with E-state index >= 15 is 0 Å². The molecule has 2 aliphatic rings. The Morgan fingerprint density at radius 3 is 2.52 bits per heavy atom. The van der Waals surface area contributed by atoms with Gasteiger partial charge in [0.05, 0.1) is 0 Å². The fourth-order valence-electron chi connectivity index (χ4n) is 4.01. The summed E-state index contributed by atoms with van der Waals surface area (Å²) in [7, 11) is 1.85. The van der Waals surface area contributed by atoms with Crippen LogP contribution in [0.3, 0.4) is 0 Å². The summed E-state index contributed by atoms with van der Waals surface area (Å²) in [6.45, 7) is 9.83. The maximum Gasteiger partial charge on any atom is 0.217 e. The maximum absolute atomic E-state index is 11.2. The zero-order valence-electron chi connectivity index (χ0n) is 16.0. The Balaban J connectivity index is 0.00000312. The zero-order chi connectivity index (χ0) is 17.5. The number of guanidine groups is 1. The van der Waals surface area contributed by atoms with Crippen LogP contribution in [0.4, 0.5) is 0 Å². The second-order valence-electron chi connectivity index (χ2n) is 7.65. The standard InChI is InChI=1S/C18H35N5O.HI/c1-14(2)22-8-5-7-16(13-22)11-21-18(20-3)23-9-4-6-15(12-23)10-17(19)24;/h14-16H,4-13H2,1-3H3,(H2,19,24)(H,20,21);1H.